The largest absolute Gasteiger partial charge is 0.452 e. The van der Waals surface area contributed by atoms with Crippen LogP contribution in [0.5, 0.6) is 0 Å². The highest BCUT2D eigenvalue weighted by Crippen LogP contribution is 2.39. The first-order chi connectivity index (χ1) is 15.4. The van der Waals surface area contributed by atoms with Gasteiger partial charge in [0.2, 0.25) is 0 Å². The number of ether oxygens (including phenoxy) is 2. The number of anilines is 2. The van der Waals surface area contributed by atoms with E-state index in [2.05, 4.69) is 31.3 Å². The highest BCUT2D eigenvalue weighted by molar-refractivity contribution is 6.00. The molecule has 2 amide bonds. The molecule has 2 saturated carbocycles. The van der Waals surface area contributed by atoms with E-state index >= 15 is 0 Å². The molecule has 1 heterocycles. The van der Waals surface area contributed by atoms with Crippen molar-refractivity contribution in [3.63, 3.8) is 0 Å². The molecule has 0 saturated heterocycles. The first-order valence-corrected chi connectivity index (χ1v) is 12.1. The number of rotatable bonds is 8. The van der Waals surface area contributed by atoms with Gasteiger partial charge in [0.1, 0.15) is 0 Å². The Balaban J connectivity index is 1.59. The van der Waals surface area contributed by atoms with Gasteiger partial charge in [0, 0.05) is 12.6 Å². The lowest BCUT2D eigenvalue weighted by atomic mass is 9.93. The molecule has 0 aromatic heterocycles. The SMILES string of the molecule is CCC(CNC(C)C1CC1)c1ccc2c(c1)N(C(=O)OCC1CC1)C[C@H](C)N2C(=O)OC. The number of hydrogen-bond acceptors (Lipinski definition) is 5. The number of methoxy groups -OCH3 is 1. The van der Waals surface area contributed by atoms with Crippen molar-refractivity contribution in [3.8, 4) is 0 Å². The molecule has 1 aromatic carbocycles. The number of carbonyl (C=O) groups is 2. The monoisotopic (exact) mass is 443 g/mol. The molecule has 0 bridgehead atoms. The van der Waals surface area contributed by atoms with E-state index in [0.29, 0.717) is 36.7 Å². The Kier molecular flexibility index (Phi) is 6.93. The molecule has 2 fully saturated rings. The van der Waals surface area contributed by atoms with Gasteiger partial charge in [0.15, 0.2) is 0 Å². The summed E-state index contributed by atoms with van der Waals surface area (Å²) in [4.78, 5) is 28.8. The zero-order valence-corrected chi connectivity index (χ0v) is 19.8. The number of nitrogens with zero attached hydrogens (tertiary/aromatic N) is 2. The summed E-state index contributed by atoms with van der Waals surface area (Å²) in [6, 6.07) is 6.42. The second kappa shape index (κ2) is 9.69. The Morgan fingerprint density at radius 3 is 2.53 bits per heavy atom. The number of amides is 2. The quantitative estimate of drug-likeness (QED) is 0.619. The maximum atomic E-state index is 13.0. The first kappa shape index (κ1) is 22.9. The molecular formula is C25H37N3O4. The lowest BCUT2D eigenvalue weighted by Crippen LogP contribution is -2.52. The van der Waals surface area contributed by atoms with Gasteiger partial charge in [-0.05, 0) is 81.4 Å². The van der Waals surface area contributed by atoms with E-state index in [1.165, 1.54) is 25.5 Å². The minimum atomic E-state index is -0.413. The summed E-state index contributed by atoms with van der Waals surface area (Å²) >= 11 is 0. The van der Waals surface area contributed by atoms with Crippen LogP contribution in [-0.2, 0) is 9.47 Å². The maximum Gasteiger partial charge on any atom is 0.414 e. The predicted octanol–water partition coefficient (Wildman–Crippen LogP) is 4.90. The summed E-state index contributed by atoms with van der Waals surface area (Å²) in [5.41, 5.74) is 2.58. The molecule has 1 aliphatic heterocycles. The van der Waals surface area contributed by atoms with E-state index in [-0.39, 0.29) is 12.1 Å². The Labute approximate surface area is 191 Å². The van der Waals surface area contributed by atoms with Crippen molar-refractivity contribution >= 4 is 23.6 Å². The van der Waals surface area contributed by atoms with Crippen molar-refractivity contribution in [1.29, 1.82) is 0 Å². The lowest BCUT2D eigenvalue weighted by Gasteiger charge is -2.40. The molecular weight excluding hydrogens is 406 g/mol. The van der Waals surface area contributed by atoms with Crippen LogP contribution >= 0.6 is 0 Å². The summed E-state index contributed by atoms with van der Waals surface area (Å²) in [6.45, 7) is 8.13. The smallest absolute Gasteiger partial charge is 0.414 e. The number of hydrogen-bond donors (Lipinski definition) is 1. The molecule has 7 heteroatoms. The standard InChI is InChI=1S/C25H37N3O4/c1-5-19(13-26-17(3)20-8-9-20)21-10-11-22-23(12-21)27(24(29)32-15-18-6-7-18)14-16(2)28(22)25(30)31-4/h10-12,16-20,26H,5-9,13-15H2,1-4H3/t16-,17?,19?/m0/s1. The Hall–Kier alpha value is -2.28. The summed E-state index contributed by atoms with van der Waals surface area (Å²) in [7, 11) is 1.39. The van der Waals surface area contributed by atoms with E-state index in [1.54, 1.807) is 9.80 Å². The number of benzene rings is 1. The molecule has 0 radical (unpaired) electrons. The van der Waals surface area contributed by atoms with Crippen LogP contribution in [0.4, 0.5) is 21.0 Å². The van der Waals surface area contributed by atoms with Crippen LogP contribution < -0.4 is 15.1 Å². The molecule has 4 rings (SSSR count). The summed E-state index contributed by atoms with van der Waals surface area (Å²) in [5, 5.41) is 3.70. The van der Waals surface area contributed by atoms with Gasteiger partial charge in [0.05, 0.1) is 37.7 Å². The summed E-state index contributed by atoms with van der Waals surface area (Å²) in [6.07, 6.45) is 5.15. The van der Waals surface area contributed by atoms with E-state index in [0.717, 1.165) is 37.4 Å². The zero-order valence-electron chi connectivity index (χ0n) is 19.8. The van der Waals surface area contributed by atoms with Crippen LogP contribution in [0.15, 0.2) is 18.2 Å². The molecule has 0 spiro atoms. The van der Waals surface area contributed by atoms with Crippen molar-refractivity contribution in [2.24, 2.45) is 11.8 Å². The highest BCUT2D eigenvalue weighted by atomic mass is 16.6. The molecule has 3 aliphatic rings. The van der Waals surface area contributed by atoms with E-state index in [9.17, 15) is 9.59 Å². The van der Waals surface area contributed by atoms with Crippen molar-refractivity contribution in [1.82, 2.24) is 5.32 Å². The minimum absolute atomic E-state index is 0.211. The van der Waals surface area contributed by atoms with Crippen LogP contribution in [0.3, 0.4) is 0 Å². The fourth-order valence-corrected chi connectivity index (χ4v) is 4.59. The normalized spacial score (nSPS) is 22.2. The van der Waals surface area contributed by atoms with Gasteiger partial charge >= 0.3 is 12.2 Å². The van der Waals surface area contributed by atoms with Crippen molar-refractivity contribution in [2.75, 3.05) is 36.6 Å². The average molecular weight is 444 g/mol. The predicted molar refractivity (Wildman–Crippen MR) is 125 cm³/mol. The molecule has 3 atom stereocenters. The van der Waals surface area contributed by atoms with E-state index < -0.39 is 6.09 Å². The van der Waals surface area contributed by atoms with Crippen LogP contribution in [0.25, 0.3) is 0 Å². The molecule has 2 aliphatic carbocycles. The second-order valence-electron chi connectivity index (χ2n) is 9.71. The van der Waals surface area contributed by atoms with Gasteiger partial charge in [-0.1, -0.05) is 13.0 Å². The highest BCUT2D eigenvalue weighted by Gasteiger charge is 2.37. The molecule has 1 N–H and O–H groups in total. The fraction of sp³-hybridized carbons (Fsp3) is 0.680. The summed E-state index contributed by atoms with van der Waals surface area (Å²) < 4.78 is 10.6. The molecule has 7 nitrogen and oxygen atoms in total. The summed E-state index contributed by atoms with van der Waals surface area (Å²) in [5.74, 6) is 1.64. The van der Waals surface area contributed by atoms with E-state index in [1.807, 2.05) is 13.0 Å². The third-order valence-corrected chi connectivity index (χ3v) is 7.15. The topological polar surface area (TPSA) is 71.1 Å². The number of carbonyl (C=O) groups excluding carboxylic acids is 2. The van der Waals surface area contributed by atoms with Crippen LogP contribution in [0.2, 0.25) is 0 Å². The molecule has 176 valence electrons. The van der Waals surface area contributed by atoms with Crippen LogP contribution in [-0.4, -0.2) is 51.1 Å². The van der Waals surface area contributed by atoms with Gasteiger partial charge in [-0.2, -0.15) is 0 Å². The Bertz CT molecular complexity index is 836. The maximum absolute atomic E-state index is 13.0. The number of nitrogens with one attached hydrogen (secondary N) is 1. The van der Waals surface area contributed by atoms with Gasteiger partial charge in [-0.15, -0.1) is 0 Å². The van der Waals surface area contributed by atoms with Crippen molar-refractivity contribution in [2.45, 2.75) is 70.9 Å². The van der Waals surface area contributed by atoms with Gasteiger partial charge in [-0.25, -0.2) is 9.59 Å². The van der Waals surface area contributed by atoms with Crippen LogP contribution in [0, 0.1) is 11.8 Å². The van der Waals surface area contributed by atoms with Gasteiger partial charge in [-0.3, -0.25) is 9.80 Å². The Morgan fingerprint density at radius 2 is 1.91 bits per heavy atom. The third-order valence-electron chi connectivity index (χ3n) is 7.15. The van der Waals surface area contributed by atoms with Gasteiger partial charge in [0.25, 0.3) is 0 Å². The first-order valence-electron chi connectivity index (χ1n) is 12.1. The average Bonchev–Trinajstić information content (AvgIpc) is 3.70. The molecule has 1 aromatic rings. The zero-order chi connectivity index (χ0) is 22.8. The molecule has 32 heavy (non-hydrogen) atoms. The molecule has 2 unspecified atom stereocenters. The van der Waals surface area contributed by atoms with Crippen molar-refractivity contribution in [3.05, 3.63) is 23.8 Å². The minimum Gasteiger partial charge on any atom is -0.452 e. The Morgan fingerprint density at radius 1 is 1.16 bits per heavy atom. The third kappa shape index (κ3) is 5.03. The number of fused-ring (bicyclic) bond motifs is 1. The van der Waals surface area contributed by atoms with Crippen molar-refractivity contribution < 1.29 is 19.1 Å². The second-order valence-corrected chi connectivity index (χ2v) is 9.71. The lowest BCUT2D eigenvalue weighted by molar-refractivity contribution is 0.147. The fourth-order valence-electron chi connectivity index (χ4n) is 4.59. The van der Waals surface area contributed by atoms with Gasteiger partial charge < -0.3 is 14.8 Å². The van der Waals surface area contributed by atoms with Crippen LogP contribution in [0.1, 0.15) is 64.4 Å². The van der Waals surface area contributed by atoms with E-state index in [4.69, 9.17) is 9.47 Å².